The normalized spacial score (nSPS) is 20.9. The molecular formula is C25H46O4. The number of carbonyl (C=O) groups is 2. The molecule has 0 aromatic heterocycles. The van der Waals surface area contributed by atoms with E-state index in [1.165, 1.54) is 0 Å². The van der Waals surface area contributed by atoms with Crippen LogP contribution < -0.4 is 0 Å². The Labute approximate surface area is 178 Å². The van der Waals surface area contributed by atoms with Gasteiger partial charge in [-0.1, -0.05) is 74.7 Å². The van der Waals surface area contributed by atoms with Crippen molar-refractivity contribution in [2.75, 3.05) is 0 Å². The summed E-state index contributed by atoms with van der Waals surface area (Å²) in [7, 11) is 0. The van der Waals surface area contributed by atoms with Crippen LogP contribution in [0.3, 0.4) is 0 Å². The van der Waals surface area contributed by atoms with Crippen molar-refractivity contribution < 1.29 is 19.8 Å². The first-order chi connectivity index (χ1) is 13.1. The monoisotopic (exact) mass is 410 g/mol. The van der Waals surface area contributed by atoms with Gasteiger partial charge in [-0.3, -0.25) is 9.59 Å². The summed E-state index contributed by atoms with van der Waals surface area (Å²) in [4.78, 5) is 26.3. The van der Waals surface area contributed by atoms with Crippen molar-refractivity contribution in [3.8, 4) is 0 Å². The largest absolute Gasteiger partial charge is 0.481 e. The lowest BCUT2D eigenvalue weighted by Gasteiger charge is -2.54. The molecule has 1 saturated carbocycles. The summed E-state index contributed by atoms with van der Waals surface area (Å²) in [5, 5.41) is 21.6. The Bertz CT molecular complexity index is 560. The maximum absolute atomic E-state index is 13.2. The zero-order valence-corrected chi connectivity index (χ0v) is 20.2. The highest BCUT2D eigenvalue weighted by atomic mass is 16.4. The fourth-order valence-electron chi connectivity index (χ4n) is 5.87. The number of rotatable bonds is 9. The van der Waals surface area contributed by atoms with Crippen LogP contribution in [-0.4, -0.2) is 22.2 Å². The Balaban J connectivity index is 3.82. The summed E-state index contributed by atoms with van der Waals surface area (Å²) < 4.78 is 0. The minimum Gasteiger partial charge on any atom is -0.481 e. The molecule has 0 aromatic carbocycles. The fourth-order valence-corrected chi connectivity index (χ4v) is 5.87. The SMILES string of the molecule is CC(C)CCC(CC(C)(C)C)(C(=O)O)C(CC(C)(C)C)(C(=O)O)C1CCCCC1. The third-order valence-electron chi connectivity index (χ3n) is 6.74. The lowest BCUT2D eigenvalue weighted by molar-refractivity contribution is -0.193. The summed E-state index contributed by atoms with van der Waals surface area (Å²) in [5.74, 6) is -1.56. The van der Waals surface area contributed by atoms with Crippen LogP contribution in [0.15, 0.2) is 0 Å². The quantitative estimate of drug-likeness (QED) is 0.428. The van der Waals surface area contributed by atoms with Gasteiger partial charge in [0.15, 0.2) is 0 Å². The van der Waals surface area contributed by atoms with Gasteiger partial charge in [-0.05, 0) is 61.2 Å². The van der Waals surface area contributed by atoms with Crippen LogP contribution in [0.4, 0.5) is 0 Å². The van der Waals surface area contributed by atoms with Crippen LogP contribution in [0.25, 0.3) is 0 Å². The van der Waals surface area contributed by atoms with Gasteiger partial charge in [-0.15, -0.1) is 0 Å². The third-order valence-corrected chi connectivity index (χ3v) is 6.74. The Morgan fingerprint density at radius 1 is 0.828 bits per heavy atom. The highest BCUT2D eigenvalue weighted by Gasteiger charge is 2.65. The van der Waals surface area contributed by atoms with Crippen LogP contribution in [0.2, 0.25) is 0 Å². The summed E-state index contributed by atoms with van der Waals surface area (Å²) >= 11 is 0. The Hall–Kier alpha value is -1.06. The van der Waals surface area contributed by atoms with Gasteiger partial charge in [0.25, 0.3) is 0 Å². The van der Waals surface area contributed by atoms with Gasteiger partial charge in [0, 0.05) is 0 Å². The first-order valence-corrected chi connectivity index (χ1v) is 11.5. The van der Waals surface area contributed by atoms with Gasteiger partial charge in [0.05, 0.1) is 10.8 Å². The van der Waals surface area contributed by atoms with Crippen LogP contribution in [-0.2, 0) is 9.59 Å². The second-order valence-corrected chi connectivity index (χ2v) is 12.4. The van der Waals surface area contributed by atoms with Crippen molar-refractivity contribution >= 4 is 11.9 Å². The summed E-state index contributed by atoms with van der Waals surface area (Å²) in [5.41, 5.74) is -3.06. The molecule has 4 nitrogen and oxygen atoms in total. The van der Waals surface area contributed by atoms with Crippen LogP contribution >= 0.6 is 0 Å². The molecule has 0 saturated heterocycles. The third kappa shape index (κ3) is 6.21. The van der Waals surface area contributed by atoms with E-state index in [2.05, 4.69) is 34.6 Å². The molecule has 1 rings (SSSR count). The molecule has 0 radical (unpaired) electrons. The fraction of sp³-hybridized carbons (Fsp3) is 0.920. The number of aliphatic carboxylic acids is 2. The molecule has 2 atom stereocenters. The smallest absolute Gasteiger partial charge is 0.311 e. The number of carboxylic acid groups (broad SMARTS) is 2. The second-order valence-electron chi connectivity index (χ2n) is 12.4. The molecule has 0 heterocycles. The molecule has 0 aliphatic heterocycles. The summed E-state index contributed by atoms with van der Waals surface area (Å²) in [6.07, 6.45) is 6.71. The lowest BCUT2D eigenvalue weighted by Crippen LogP contribution is -2.59. The molecule has 0 aromatic rings. The van der Waals surface area contributed by atoms with E-state index in [4.69, 9.17) is 0 Å². The average molecular weight is 411 g/mol. The van der Waals surface area contributed by atoms with E-state index in [-0.39, 0.29) is 16.7 Å². The maximum atomic E-state index is 13.2. The maximum Gasteiger partial charge on any atom is 0.311 e. The highest BCUT2D eigenvalue weighted by molar-refractivity contribution is 5.87. The van der Waals surface area contributed by atoms with Crippen LogP contribution in [0, 0.1) is 33.5 Å². The van der Waals surface area contributed by atoms with Crippen molar-refractivity contribution in [3.05, 3.63) is 0 Å². The summed E-state index contributed by atoms with van der Waals surface area (Å²) in [6, 6.07) is 0. The van der Waals surface area contributed by atoms with Gasteiger partial charge < -0.3 is 10.2 Å². The number of carboxylic acids is 2. The van der Waals surface area contributed by atoms with Crippen molar-refractivity contribution in [3.63, 3.8) is 0 Å². The van der Waals surface area contributed by atoms with Gasteiger partial charge in [-0.2, -0.15) is 0 Å². The van der Waals surface area contributed by atoms with Crippen molar-refractivity contribution in [2.45, 2.75) is 113 Å². The van der Waals surface area contributed by atoms with E-state index in [1.807, 2.05) is 20.8 Å². The van der Waals surface area contributed by atoms with E-state index < -0.39 is 22.8 Å². The lowest BCUT2D eigenvalue weighted by atomic mass is 9.46. The standard InChI is InChI=1S/C25H46O4/c1-18(2)14-15-24(20(26)27,16-22(3,4)5)25(21(28)29,17-23(6,7)8)19-12-10-9-11-13-19/h18-19H,9-17H2,1-8H3,(H,26,27)(H,28,29). The van der Waals surface area contributed by atoms with E-state index >= 15 is 0 Å². The molecule has 2 N–H and O–H groups in total. The summed E-state index contributed by atoms with van der Waals surface area (Å²) in [6.45, 7) is 16.5. The topological polar surface area (TPSA) is 74.6 Å². The number of hydrogen-bond acceptors (Lipinski definition) is 2. The number of hydrogen-bond donors (Lipinski definition) is 2. The highest BCUT2D eigenvalue weighted by Crippen LogP contribution is 2.61. The van der Waals surface area contributed by atoms with Gasteiger partial charge in [0.1, 0.15) is 0 Å². The van der Waals surface area contributed by atoms with Crippen LogP contribution in [0.1, 0.15) is 113 Å². The minimum atomic E-state index is -1.27. The predicted octanol–water partition coefficient (Wildman–Crippen LogP) is 7.02. The molecule has 2 unspecified atom stereocenters. The van der Waals surface area contributed by atoms with Crippen molar-refractivity contribution in [1.29, 1.82) is 0 Å². The van der Waals surface area contributed by atoms with Gasteiger partial charge in [0.2, 0.25) is 0 Å². The van der Waals surface area contributed by atoms with Gasteiger partial charge in [-0.25, -0.2) is 0 Å². The molecule has 0 bridgehead atoms. The van der Waals surface area contributed by atoms with Crippen molar-refractivity contribution in [2.24, 2.45) is 33.5 Å². The molecule has 1 aliphatic rings. The zero-order valence-electron chi connectivity index (χ0n) is 20.2. The second kappa shape index (κ2) is 9.39. The molecule has 0 amide bonds. The van der Waals surface area contributed by atoms with E-state index in [9.17, 15) is 19.8 Å². The first-order valence-electron chi connectivity index (χ1n) is 11.5. The molecule has 4 heteroatoms. The Kier molecular flexibility index (Phi) is 8.41. The first kappa shape index (κ1) is 26.0. The molecule has 0 spiro atoms. The van der Waals surface area contributed by atoms with Crippen molar-refractivity contribution in [1.82, 2.24) is 0 Å². The predicted molar refractivity (Wildman–Crippen MR) is 119 cm³/mol. The molecule has 1 fully saturated rings. The average Bonchev–Trinajstić information content (AvgIpc) is 2.54. The molecular weight excluding hydrogens is 364 g/mol. The molecule has 29 heavy (non-hydrogen) atoms. The molecule has 1 aliphatic carbocycles. The molecule has 170 valence electrons. The Morgan fingerprint density at radius 2 is 1.31 bits per heavy atom. The van der Waals surface area contributed by atoms with E-state index in [1.54, 1.807) is 0 Å². The Morgan fingerprint density at radius 3 is 1.66 bits per heavy atom. The van der Waals surface area contributed by atoms with Crippen LogP contribution in [0.5, 0.6) is 0 Å². The zero-order chi connectivity index (χ0) is 22.7. The minimum absolute atomic E-state index is 0.0846. The van der Waals surface area contributed by atoms with E-state index in [0.29, 0.717) is 25.2 Å². The van der Waals surface area contributed by atoms with E-state index in [0.717, 1.165) is 38.5 Å². The van der Waals surface area contributed by atoms with Gasteiger partial charge >= 0.3 is 11.9 Å².